The number of ether oxygens (including phenoxy) is 1. The highest BCUT2D eigenvalue weighted by molar-refractivity contribution is 5.38. The second-order valence-corrected chi connectivity index (χ2v) is 7.34. The summed E-state index contributed by atoms with van der Waals surface area (Å²) in [4.78, 5) is 6.74. The van der Waals surface area contributed by atoms with E-state index >= 15 is 0 Å². The molecule has 1 fully saturated rings. The van der Waals surface area contributed by atoms with Gasteiger partial charge in [-0.15, -0.1) is 0 Å². The van der Waals surface area contributed by atoms with Crippen molar-refractivity contribution in [1.29, 1.82) is 0 Å². The molecule has 0 amide bonds. The summed E-state index contributed by atoms with van der Waals surface area (Å²) in [6.07, 6.45) is 6.33. The molecule has 3 aromatic rings. The van der Waals surface area contributed by atoms with E-state index in [1.54, 1.807) is 23.1 Å². The lowest BCUT2D eigenvalue weighted by molar-refractivity contribution is 0.231. The zero-order valence-electron chi connectivity index (χ0n) is 16.3. The summed E-state index contributed by atoms with van der Waals surface area (Å²) in [7, 11) is 0. The lowest BCUT2D eigenvalue weighted by Gasteiger charge is -2.27. The van der Waals surface area contributed by atoms with Gasteiger partial charge in [0.2, 0.25) is 0 Å². The number of halogens is 1. The van der Waals surface area contributed by atoms with E-state index in [1.807, 2.05) is 37.4 Å². The molecule has 0 saturated carbocycles. The number of hydrogen-bond acceptors (Lipinski definition) is 4. The van der Waals surface area contributed by atoms with Crippen LogP contribution in [0.1, 0.15) is 37.4 Å². The van der Waals surface area contributed by atoms with E-state index in [0.717, 1.165) is 30.9 Å². The lowest BCUT2D eigenvalue weighted by atomic mass is 9.99. The molecule has 5 nitrogen and oxygen atoms in total. The van der Waals surface area contributed by atoms with E-state index in [-0.39, 0.29) is 11.9 Å². The van der Waals surface area contributed by atoms with Gasteiger partial charge in [-0.05, 0) is 55.2 Å². The van der Waals surface area contributed by atoms with Crippen LogP contribution in [-0.4, -0.2) is 32.8 Å². The summed E-state index contributed by atoms with van der Waals surface area (Å²) in [5.41, 5.74) is 1.81. The monoisotopic (exact) mass is 380 g/mol. The van der Waals surface area contributed by atoms with Crippen LogP contribution in [0.2, 0.25) is 0 Å². The van der Waals surface area contributed by atoms with Crippen molar-refractivity contribution >= 4 is 0 Å². The van der Waals surface area contributed by atoms with Gasteiger partial charge in [0.15, 0.2) is 5.82 Å². The van der Waals surface area contributed by atoms with Gasteiger partial charge in [0.1, 0.15) is 11.6 Å². The third kappa shape index (κ3) is 3.78. The Labute approximate surface area is 164 Å². The van der Waals surface area contributed by atoms with E-state index < -0.39 is 0 Å². The van der Waals surface area contributed by atoms with Crippen molar-refractivity contribution in [3.8, 4) is 11.6 Å². The molecular weight excluding hydrogens is 355 g/mol. The summed E-state index contributed by atoms with van der Waals surface area (Å²) in [6.45, 7) is 6.32. The Balaban J connectivity index is 1.62. The van der Waals surface area contributed by atoms with Crippen LogP contribution in [0.25, 0.3) is 5.82 Å². The van der Waals surface area contributed by atoms with Crippen molar-refractivity contribution in [2.45, 2.75) is 32.9 Å². The Hall–Kier alpha value is -2.73. The fraction of sp³-hybridized carbons (Fsp3) is 0.364. The van der Waals surface area contributed by atoms with Crippen molar-refractivity contribution in [3.63, 3.8) is 0 Å². The Kier molecular flexibility index (Phi) is 5.39. The van der Waals surface area contributed by atoms with Gasteiger partial charge in [-0.2, -0.15) is 5.10 Å². The number of aromatic nitrogens is 3. The van der Waals surface area contributed by atoms with Gasteiger partial charge in [0.25, 0.3) is 0 Å². The third-order valence-corrected chi connectivity index (χ3v) is 5.19. The average Bonchev–Trinajstić information content (AvgIpc) is 3.33. The molecular formula is C22H25FN4O. The first-order chi connectivity index (χ1) is 13.7. The third-order valence-electron chi connectivity index (χ3n) is 5.19. The van der Waals surface area contributed by atoms with E-state index in [1.165, 1.54) is 6.07 Å². The predicted molar refractivity (Wildman–Crippen MR) is 106 cm³/mol. The molecule has 2 atom stereocenters. The first-order valence-electron chi connectivity index (χ1n) is 9.76. The lowest BCUT2D eigenvalue weighted by Crippen LogP contribution is -2.24. The number of hydrogen-bond donors (Lipinski definition) is 0. The second-order valence-electron chi connectivity index (χ2n) is 7.34. The quantitative estimate of drug-likeness (QED) is 0.636. The van der Waals surface area contributed by atoms with Crippen LogP contribution in [0, 0.1) is 11.7 Å². The van der Waals surface area contributed by atoms with E-state index in [4.69, 9.17) is 4.74 Å². The maximum atomic E-state index is 14.8. The van der Waals surface area contributed by atoms with Gasteiger partial charge >= 0.3 is 0 Å². The van der Waals surface area contributed by atoms with Gasteiger partial charge < -0.3 is 4.74 Å². The predicted octanol–water partition coefficient (Wildman–Crippen LogP) is 4.39. The molecule has 2 unspecified atom stereocenters. The zero-order valence-corrected chi connectivity index (χ0v) is 16.3. The normalized spacial score (nSPS) is 19.8. The summed E-state index contributed by atoms with van der Waals surface area (Å²) < 4.78 is 22.3. The molecule has 0 N–H and O–H groups in total. The highest BCUT2D eigenvalue weighted by Gasteiger charge is 2.34. The van der Waals surface area contributed by atoms with Gasteiger partial charge in [0, 0.05) is 43.3 Å². The van der Waals surface area contributed by atoms with Crippen molar-refractivity contribution < 1.29 is 9.13 Å². The molecule has 1 aromatic carbocycles. The molecule has 4 rings (SSSR count). The molecule has 0 bridgehead atoms. The average molecular weight is 380 g/mol. The van der Waals surface area contributed by atoms with Crippen molar-refractivity contribution in [3.05, 3.63) is 71.9 Å². The van der Waals surface area contributed by atoms with Gasteiger partial charge in [-0.3, -0.25) is 4.90 Å². The smallest absolute Gasteiger partial charge is 0.153 e. The summed E-state index contributed by atoms with van der Waals surface area (Å²) in [5.74, 6) is 1.74. The first-order valence-corrected chi connectivity index (χ1v) is 9.76. The number of benzene rings is 1. The standard InChI is InChI=1S/C22H25FN4O/c1-3-28-20-7-4-6-18(23)22(20)19-12-16(2)14-26(19)15-17-8-10-24-21(13-17)27-11-5-9-25-27/h4-11,13,16,19H,3,12,14-15H2,1-2H3. The summed E-state index contributed by atoms with van der Waals surface area (Å²) >= 11 is 0. The van der Waals surface area contributed by atoms with Crippen LogP contribution in [0.5, 0.6) is 5.75 Å². The molecule has 0 radical (unpaired) electrons. The van der Waals surface area contributed by atoms with Crippen LogP contribution >= 0.6 is 0 Å². The van der Waals surface area contributed by atoms with E-state index in [9.17, 15) is 4.39 Å². The van der Waals surface area contributed by atoms with Crippen LogP contribution in [0.4, 0.5) is 4.39 Å². The Morgan fingerprint density at radius 2 is 2.11 bits per heavy atom. The molecule has 3 heterocycles. The number of rotatable bonds is 6. The largest absolute Gasteiger partial charge is 0.493 e. The van der Waals surface area contributed by atoms with E-state index in [0.29, 0.717) is 23.8 Å². The first kappa shape index (κ1) is 18.6. The molecule has 28 heavy (non-hydrogen) atoms. The van der Waals surface area contributed by atoms with Gasteiger partial charge in [0.05, 0.1) is 6.61 Å². The molecule has 0 aliphatic carbocycles. The molecule has 2 aromatic heterocycles. The fourth-order valence-corrected chi connectivity index (χ4v) is 4.05. The van der Waals surface area contributed by atoms with Crippen molar-refractivity contribution in [2.75, 3.05) is 13.2 Å². The SMILES string of the molecule is CCOc1cccc(F)c1C1CC(C)CN1Cc1ccnc(-n2cccn2)c1. The zero-order chi connectivity index (χ0) is 19.5. The van der Waals surface area contributed by atoms with E-state index in [2.05, 4.69) is 21.9 Å². The minimum Gasteiger partial charge on any atom is -0.493 e. The molecule has 0 spiro atoms. The second kappa shape index (κ2) is 8.10. The van der Waals surface area contributed by atoms with Crippen LogP contribution < -0.4 is 4.74 Å². The highest BCUT2D eigenvalue weighted by atomic mass is 19.1. The van der Waals surface area contributed by atoms with Crippen molar-refractivity contribution in [2.24, 2.45) is 5.92 Å². The number of nitrogens with zero attached hydrogens (tertiary/aromatic N) is 4. The number of pyridine rings is 1. The maximum Gasteiger partial charge on any atom is 0.153 e. The summed E-state index contributed by atoms with van der Waals surface area (Å²) in [5, 5.41) is 4.25. The van der Waals surface area contributed by atoms with Crippen LogP contribution in [0.15, 0.2) is 55.0 Å². The molecule has 6 heteroatoms. The Morgan fingerprint density at radius 3 is 2.89 bits per heavy atom. The minimum atomic E-state index is -0.193. The highest BCUT2D eigenvalue weighted by Crippen LogP contribution is 2.41. The fourth-order valence-electron chi connectivity index (χ4n) is 4.05. The van der Waals surface area contributed by atoms with Gasteiger partial charge in [-0.25, -0.2) is 14.1 Å². The summed E-state index contributed by atoms with van der Waals surface area (Å²) in [6, 6.07) is 11.0. The molecule has 1 saturated heterocycles. The Morgan fingerprint density at radius 1 is 1.21 bits per heavy atom. The molecule has 1 aliphatic rings. The maximum absolute atomic E-state index is 14.8. The van der Waals surface area contributed by atoms with Crippen LogP contribution in [0.3, 0.4) is 0 Å². The molecule has 146 valence electrons. The van der Waals surface area contributed by atoms with Crippen LogP contribution in [-0.2, 0) is 6.54 Å². The van der Waals surface area contributed by atoms with Crippen molar-refractivity contribution in [1.82, 2.24) is 19.7 Å². The molecule has 1 aliphatic heterocycles. The Bertz CT molecular complexity index is 928. The minimum absolute atomic E-state index is 0.000862. The van der Waals surface area contributed by atoms with Gasteiger partial charge in [-0.1, -0.05) is 13.0 Å². The number of likely N-dealkylation sites (tertiary alicyclic amines) is 1. The topological polar surface area (TPSA) is 43.2 Å².